The molecule has 146 valence electrons. The predicted molar refractivity (Wildman–Crippen MR) is 106 cm³/mol. The van der Waals surface area contributed by atoms with Gasteiger partial charge in [-0.25, -0.2) is 9.67 Å². The Morgan fingerprint density at radius 2 is 2.00 bits per heavy atom. The van der Waals surface area contributed by atoms with Crippen LogP contribution in [-0.4, -0.2) is 25.1 Å². The first-order valence-electron chi connectivity index (χ1n) is 9.21. The number of aliphatic hydroxyl groups is 1. The summed E-state index contributed by atoms with van der Waals surface area (Å²) >= 11 is 0. The van der Waals surface area contributed by atoms with Crippen LogP contribution in [0.25, 0.3) is 11.0 Å². The number of nitrogens with zero attached hydrogens (tertiary/aromatic N) is 5. The quantitative estimate of drug-likeness (QED) is 0.729. The number of pyridine rings is 1. The number of aliphatic hydroxyl groups excluding tert-OH is 1. The van der Waals surface area contributed by atoms with E-state index in [-0.39, 0.29) is 16.9 Å². The Morgan fingerprint density at radius 1 is 1.29 bits per heavy atom. The molecule has 3 aromatic rings. The van der Waals surface area contributed by atoms with Crippen LogP contribution in [0.4, 0.5) is 0 Å². The Kier molecular flexibility index (Phi) is 5.09. The topological polar surface area (TPSA) is 96.9 Å². The molecule has 1 aromatic carbocycles. The summed E-state index contributed by atoms with van der Waals surface area (Å²) in [5.74, 6) is 0.789. The third-order valence-electron chi connectivity index (χ3n) is 4.51. The first-order valence-corrected chi connectivity index (χ1v) is 9.21. The Morgan fingerprint density at radius 3 is 2.61 bits per heavy atom. The number of ether oxygens (including phenoxy) is 1. The third kappa shape index (κ3) is 3.82. The van der Waals surface area contributed by atoms with E-state index in [9.17, 15) is 10.4 Å². The van der Waals surface area contributed by atoms with Gasteiger partial charge in [0.2, 0.25) is 5.88 Å². The van der Waals surface area contributed by atoms with Gasteiger partial charge < -0.3 is 9.84 Å². The molecule has 0 aliphatic carbocycles. The average molecular weight is 379 g/mol. The van der Waals surface area contributed by atoms with Gasteiger partial charge >= 0.3 is 0 Å². The highest BCUT2D eigenvalue weighted by Gasteiger charge is 2.19. The van der Waals surface area contributed by atoms with Crippen molar-refractivity contribution in [3.63, 3.8) is 0 Å². The summed E-state index contributed by atoms with van der Waals surface area (Å²) in [6.07, 6.45) is -0.704. The van der Waals surface area contributed by atoms with Crippen LogP contribution in [-0.2, 0) is 6.54 Å². The standard InChI is InChI=1S/C21H25N5O2/c1-12-18(8-7-17-19(12)24-25-26(17)11-21(4,5)6)28-20-15(10-22)9-16(14(3)27)13(2)23-20/h7-9,14,27H,11H2,1-6H3. The van der Waals surface area contributed by atoms with Crippen molar-refractivity contribution in [2.75, 3.05) is 0 Å². The molecular formula is C21H25N5O2. The van der Waals surface area contributed by atoms with Gasteiger partial charge in [0, 0.05) is 23.4 Å². The first kappa shape index (κ1) is 19.8. The maximum Gasteiger partial charge on any atom is 0.237 e. The van der Waals surface area contributed by atoms with Gasteiger partial charge in [-0.3, -0.25) is 0 Å². The van der Waals surface area contributed by atoms with Crippen molar-refractivity contribution in [3.8, 4) is 17.7 Å². The van der Waals surface area contributed by atoms with Gasteiger partial charge in [0.05, 0.1) is 11.6 Å². The highest BCUT2D eigenvalue weighted by molar-refractivity contribution is 5.80. The summed E-state index contributed by atoms with van der Waals surface area (Å²) in [4.78, 5) is 4.39. The van der Waals surface area contributed by atoms with Crippen LogP contribution in [0.5, 0.6) is 11.6 Å². The van der Waals surface area contributed by atoms with Gasteiger partial charge in [0.15, 0.2) is 0 Å². The van der Waals surface area contributed by atoms with E-state index in [2.05, 4.69) is 42.1 Å². The van der Waals surface area contributed by atoms with Gasteiger partial charge in [-0.15, -0.1) is 5.10 Å². The summed E-state index contributed by atoms with van der Waals surface area (Å²) in [6, 6.07) is 7.49. The molecule has 0 aliphatic heterocycles. The number of rotatable bonds is 4. The second kappa shape index (κ2) is 7.21. The van der Waals surface area contributed by atoms with E-state index in [4.69, 9.17) is 4.74 Å². The Balaban J connectivity index is 2.01. The molecule has 2 aromatic heterocycles. The molecule has 0 spiro atoms. The lowest BCUT2D eigenvalue weighted by atomic mass is 9.97. The minimum absolute atomic E-state index is 0.0818. The lowest BCUT2D eigenvalue weighted by molar-refractivity contribution is 0.198. The zero-order chi connectivity index (χ0) is 20.6. The van der Waals surface area contributed by atoms with Crippen molar-refractivity contribution in [2.24, 2.45) is 5.41 Å². The van der Waals surface area contributed by atoms with E-state index in [0.29, 0.717) is 17.0 Å². The maximum atomic E-state index is 9.84. The molecule has 0 amide bonds. The predicted octanol–water partition coefficient (Wildman–Crippen LogP) is 4.21. The number of aromatic nitrogens is 4. The smallest absolute Gasteiger partial charge is 0.237 e. The summed E-state index contributed by atoms with van der Waals surface area (Å²) in [7, 11) is 0. The van der Waals surface area contributed by atoms with Gasteiger partial charge in [0.25, 0.3) is 0 Å². The number of hydrogen-bond acceptors (Lipinski definition) is 6. The zero-order valence-corrected chi connectivity index (χ0v) is 17.1. The van der Waals surface area contributed by atoms with Crippen molar-refractivity contribution < 1.29 is 9.84 Å². The number of aryl methyl sites for hydroxylation is 2. The van der Waals surface area contributed by atoms with Crippen LogP contribution in [0.15, 0.2) is 18.2 Å². The van der Waals surface area contributed by atoms with E-state index in [1.54, 1.807) is 19.9 Å². The van der Waals surface area contributed by atoms with Crippen molar-refractivity contribution in [1.82, 2.24) is 20.0 Å². The summed E-state index contributed by atoms with van der Waals surface area (Å²) in [6.45, 7) is 12.5. The lowest BCUT2D eigenvalue weighted by Crippen LogP contribution is -2.16. The fourth-order valence-electron chi connectivity index (χ4n) is 3.11. The fraction of sp³-hybridized carbons (Fsp3) is 0.429. The molecular weight excluding hydrogens is 354 g/mol. The molecule has 1 atom stereocenters. The Hall–Kier alpha value is -2.98. The molecule has 2 heterocycles. The van der Waals surface area contributed by atoms with E-state index < -0.39 is 6.10 Å². The van der Waals surface area contributed by atoms with Crippen molar-refractivity contribution >= 4 is 11.0 Å². The molecule has 0 radical (unpaired) electrons. The molecule has 28 heavy (non-hydrogen) atoms. The first-order chi connectivity index (χ1) is 13.1. The van der Waals surface area contributed by atoms with Crippen LogP contribution in [0.2, 0.25) is 0 Å². The number of fused-ring (bicyclic) bond motifs is 1. The molecule has 7 heteroatoms. The summed E-state index contributed by atoms with van der Waals surface area (Å²) in [5, 5.41) is 27.9. The summed E-state index contributed by atoms with van der Waals surface area (Å²) < 4.78 is 7.87. The van der Waals surface area contributed by atoms with Gasteiger partial charge in [-0.05, 0) is 44.4 Å². The Labute approximate surface area is 164 Å². The van der Waals surface area contributed by atoms with Crippen LogP contribution in [0.1, 0.15) is 56.2 Å². The Bertz CT molecular complexity index is 1070. The monoisotopic (exact) mass is 379 g/mol. The second-order valence-corrected chi connectivity index (χ2v) is 8.27. The maximum absolute atomic E-state index is 9.84. The molecule has 0 saturated heterocycles. The van der Waals surface area contributed by atoms with Gasteiger partial charge in [0.1, 0.15) is 22.9 Å². The van der Waals surface area contributed by atoms with Crippen LogP contribution >= 0.6 is 0 Å². The average Bonchev–Trinajstić information content (AvgIpc) is 2.99. The molecule has 0 bridgehead atoms. The normalized spacial score (nSPS) is 12.8. The van der Waals surface area contributed by atoms with Gasteiger partial charge in [-0.2, -0.15) is 5.26 Å². The minimum atomic E-state index is -0.704. The molecule has 0 aliphatic rings. The van der Waals surface area contributed by atoms with Gasteiger partial charge in [-0.1, -0.05) is 26.0 Å². The minimum Gasteiger partial charge on any atom is -0.437 e. The molecule has 1 N–H and O–H groups in total. The van der Waals surface area contributed by atoms with E-state index in [1.165, 1.54) is 0 Å². The number of nitriles is 1. The lowest BCUT2D eigenvalue weighted by Gasteiger charge is -2.18. The van der Waals surface area contributed by atoms with E-state index in [0.717, 1.165) is 23.1 Å². The number of benzene rings is 1. The van der Waals surface area contributed by atoms with Crippen LogP contribution in [0.3, 0.4) is 0 Å². The number of hydrogen-bond donors (Lipinski definition) is 1. The van der Waals surface area contributed by atoms with Crippen molar-refractivity contribution in [3.05, 3.63) is 40.6 Å². The van der Waals surface area contributed by atoms with Crippen LogP contribution < -0.4 is 4.74 Å². The fourth-order valence-corrected chi connectivity index (χ4v) is 3.11. The summed E-state index contributed by atoms with van der Waals surface area (Å²) in [5.41, 5.74) is 4.13. The van der Waals surface area contributed by atoms with Crippen molar-refractivity contribution in [2.45, 2.75) is 54.2 Å². The second-order valence-electron chi connectivity index (χ2n) is 8.27. The molecule has 7 nitrogen and oxygen atoms in total. The highest BCUT2D eigenvalue weighted by Crippen LogP contribution is 2.32. The van der Waals surface area contributed by atoms with Crippen molar-refractivity contribution in [1.29, 1.82) is 5.26 Å². The highest BCUT2D eigenvalue weighted by atomic mass is 16.5. The zero-order valence-electron chi connectivity index (χ0n) is 17.1. The molecule has 0 fully saturated rings. The molecule has 3 rings (SSSR count). The SMILES string of the molecule is Cc1nc(Oc2ccc3c(nnn3CC(C)(C)C)c2C)c(C#N)cc1C(C)O. The molecule has 1 unspecified atom stereocenters. The van der Waals surface area contributed by atoms with E-state index >= 15 is 0 Å². The molecule has 0 saturated carbocycles. The largest absolute Gasteiger partial charge is 0.437 e. The van der Waals surface area contributed by atoms with E-state index in [1.807, 2.05) is 23.7 Å². The third-order valence-corrected chi connectivity index (χ3v) is 4.51. The van der Waals surface area contributed by atoms with Crippen LogP contribution in [0, 0.1) is 30.6 Å².